The van der Waals surface area contributed by atoms with Crippen LogP contribution in [0.25, 0.3) is 0 Å². The fourth-order valence-corrected chi connectivity index (χ4v) is 2.35. The molecule has 2 amide bonds. The molecule has 0 unspecified atom stereocenters. The van der Waals surface area contributed by atoms with Crippen molar-refractivity contribution < 1.29 is 9.59 Å². The lowest BCUT2D eigenvalue weighted by Crippen LogP contribution is -2.31. The molecule has 0 aromatic heterocycles. The molecule has 1 aliphatic rings. The van der Waals surface area contributed by atoms with E-state index in [-0.39, 0.29) is 11.8 Å². The Kier molecular flexibility index (Phi) is 6.75. The Morgan fingerprint density at radius 1 is 1.12 bits per heavy atom. The molecule has 0 bridgehead atoms. The zero-order valence-corrected chi connectivity index (χ0v) is 14.0. The summed E-state index contributed by atoms with van der Waals surface area (Å²) in [6, 6.07) is 6.92. The Morgan fingerprint density at radius 3 is 2.29 bits per heavy atom. The first kappa shape index (κ1) is 17.9. The smallest absolute Gasteiger partial charge is 0.254 e. The molecule has 0 spiro atoms. The van der Waals surface area contributed by atoms with Gasteiger partial charge in [0.25, 0.3) is 5.91 Å². The fraction of sp³-hybridized carbons (Fsp3) is 0.368. The van der Waals surface area contributed by atoms with Crippen LogP contribution < -0.4 is 10.6 Å². The lowest BCUT2D eigenvalue weighted by Gasteiger charge is -2.19. The Labute approximate surface area is 143 Å². The van der Waals surface area contributed by atoms with Gasteiger partial charge in [-0.3, -0.25) is 9.59 Å². The third kappa shape index (κ3) is 5.66. The van der Waals surface area contributed by atoms with Crippen molar-refractivity contribution in [2.24, 2.45) is 5.92 Å². The predicted octanol–water partition coefficient (Wildman–Crippen LogP) is 2.44. The SMILES string of the molecule is C=CCN(CC=C)C(=O)c1ccc(NC(=O)CNCC2CC2)cc1. The van der Waals surface area contributed by atoms with Crippen LogP contribution in [0.4, 0.5) is 5.69 Å². The van der Waals surface area contributed by atoms with Crippen molar-refractivity contribution in [1.82, 2.24) is 10.2 Å². The number of benzene rings is 1. The van der Waals surface area contributed by atoms with E-state index < -0.39 is 0 Å². The van der Waals surface area contributed by atoms with Crippen molar-refractivity contribution in [3.63, 3.8) is 0 Å². The van der Waals surface area contributed by atoms with Gasteiger partial charge in [0.05, 0.1) is 6.54 Å². The molecule has 0 atom stereocenters. The lowest BCUT2D eigenvalue weighted by molar-refractivity contribution is -0.115. The molecule has 5 nitrogen and oxygen atoms in total. The van der Waals surface area contributed by atoms with Gasteiger partial charge in [0.2, 0.25) is 5.91 Å². The van der Waals surface area contributed by atoms with E-state index in [1.165, 1.54) is 12.8 Å². The molecule has 128 valence electrons. The molecule has 5 heteroatoms. The van der Waals surface area contributed by atoms with Crippen LogP contribution in [0.3, 0.4) is 0 Å². The van der Waals surface area contributed by atoms with E-state index in [2.05, 4.69) is 23.8 Å². The van der Waals surface area contributed by atoms with E-state index in [4.69, 9.17) is 0 Å². The highest BCUT2D eigenvalue weighted by molar-refractivity contribution is 5.96. The average molecular weight is 327 g/mol. The average Bonchev–Trinajstić information content (AvgIpc) is 3.39. The van der Waals surface area contributed by atoms with Crippen LogP contribution in [0.5, 0.6) is 0 Å². The van der Waals surface area contributed by atoms with Crippen LogP contribution >= 0.6 is 0 Å². The van der Waals surface area contributed by atoms with Crippen molar-refractivity contribution in [2.45, 2.75) is 12.8 Å². The number of rotatable bonds is 10. The molecule has 2 rings (SSSR count). The normalized spacial score (nSPS) is 13.2. The van der Waals surface area contributed by atoms with Gasteiger partial charge in [-0.2, -0.15) is 0 Å². The number of carbonyl (C=O) groups excluding carboxylic acids is 2. The molecule has 1 aromatic carbocycles. The minimum atomic E-state index is -0.0845. The van der Waals surface area contributed by atoms with Gasteiger partial charge in [-0.05, 0) is 49.6 Å². The molecule has 24 heavy (non-hydrogen) atoms. The van der Waals surface area contributed by atoms with Crippen molar-refractivity contribution in [3.8, 4) is 0 Å². The highest BCUT2D eigenvalue weighted by Gasteiger charge is 2.20. The number of hydrogen-bond donors (Lipinski definition) is 2. The number of hydrogen-bond acceptors (Lipinski definition) is 3. The standard InChI is InChI=1S/C19H25N3O2/c1-3-11-22(12-4-2)19(24)16-7-9-17(10-8-16)21-18(23)14-20-13-15-5-6-15/h3-4,7-10,15,20H,1-2,5-6,11-14H2,(H,21,23). The molecule has 0 aliphatic heterocycles. The molecule has 0 saturated heterocycles. The van der Waals surface area contributed by atoms with Gasteiger partial charge >= 0.3 is 0 Å². The summed E-state index contributed by atoms with van der Waals surface area (Å²) in [6.45, 7) is 9.48. The van der Waals surface area contributed by atoms with Crippen molar-refractivity contribution in [2.75, 3.05) is 31.5 Å². The van der Waals surface area contributed by atoms with E-state index in [0.29, 0.717) is 30.9 Å². The summed E-state index contributed by atoms with van der Waals surface area (Å²) in [5.74, 6) is 0.589. The molecular formula is C19H25N3O2. The Morgan fingerprint density at radius 2 is 1.75 bits per heavy atom. The first-order chi connectivity index (χ1) is 11.6. The number of amides is 2. The van der Waals surface area contributed by atoms with Gasteiger partial charge in [0.1, 0.15) is 0 Å². The Balaban J connectivity index is 1.86. The van der Waals surface area contributed by atoms with Gasteiger partial charge < -0.3 is 15.5 Å². The second-order valence-electron chi connectivity index (χ2n) is 5.99. The fourth-order valence-electron chi connectivity index (χ4n) is 2.35. The van der Waals surface area contributed by atoms with Crippen molar-refractivity contribution in [1.29, 1.82) is 0 Å². The van der Waals surface area contributed by atoms with Crippen LogP contribution in [0.2, 0.25) is 0 Å². The quantitative estimate of drug-likeness (QED) is 0.649. The summed E-state index contributed by atoms with van der Waals surface area (Å²) in [5.41, 5.74) is 1.26. The summed E-state index contributed by atoms with van der Waals surface area (Å²) >= 11 is 0. The van der Waals surface area contributed by atoms with Crippen LogP contribution in [0.1, 0.15) is 23.2 Å². The number of anilines is 1. The summed E-state index contributed by atoms with van der Waals surface area (Å²) < 4.78 is 0. The summed E-state index contributed by atoms with van der Waals surface area (Å²) in [4.78, 5) is 25.9. The first-order valence-electron chi connectivity index (χ1n) is 8.25. The maximum absolute atomic E-state index is 12.4. The third-order valence-electron chi connectivity index (χ3n) is 3.82. The van der Waals surface area contributed by atoms with E-state index in [1.807, 2.05) is 0 Å². The maximum atomic E-state index is 12.4. The molecule has 2 N–H and O–H groups in total. The van der Waals surface area contributed by atoms with Gasteiger partial charge in [-0.1, -0.05) is 12.2 Å². The van der Waals surface area contributed by atoms with Gasteiger partial charge in [0, 0.05) is 24.3 Å². The van der Waals surface area contributed by atoms with E-state index >= 15 is 0 Å². The van der Waals surface area contributed by atoms with Crippen LogP contribution in [-0.4, -0.2) is 42.9 Å². The molecule has 0 heterocycles. The Hall–Kier alpha value is -2.40. The lowest BCUT2D eigenvalue weighted by atomic mass is 10.1. The Bertz CT molecular complexity index is 581. The van der Waals surface area contributed by atoms with Crippen LogP contribution in [0.15, 0.2) is 49.6 Å². The second-order valence-corrected chi connectivity index (χ2v) is 5.99. The minimum Gasteiger partial charge on any atom is -0.331 e. The minimum absolute atomic E-state index is 0.0744. The van der Waals surface area contributed by atoms with Crippen LogP contribution in [-0.2, 0) is 4.79 Å². The zero-order chi connectivity index (χ0) is 17.4. The highest BCUT2D eigenvalue weighted by atomic mass is 16.2. The van der Waals surface area contributed by atoms with Gasteiger partial charge in [-0.15, -0.1) is 13.2 Å². The summed E-state index contributed by atoms with van der Waals surface area (Å²) in [5, 5.41) is 5.97. The first-order valence-corrected chi connectivity index (χ1v) is 8.25. The van der Waals surface area contributed by atoms with E-state index in [9.17, 15) is 9.59 Å². The van der Waals surface area contributed by atoms with Crippen molar-refractivity contribution >= 4 is 17.5 Å². The van der Waals surface area contributed by atoms with E-state index in [1.54, 1.807) is 41.3 Å². The molecule has 1 saturated carbocycles. The van der Waals surface area contributed by atoms with Crippen LogP contribution in [0, 0.1) is 5.92 Å². The summed E-state index contributed by atoms with van der Waals surface area (Å²) in [6.07, 6.45) is 5.90. The summed E-state index contributed by atoms with van der Waals surface area (Å²) in [7, 11) is 0. The monoisotopic (exact) mass is 327 g/mol. The number of nitrogens with zero attached hydrogens (tertiary/aromatic N) is 1. The molecule has 0 radical (unpaired) electrons. The second kappa shape index (κ2) is 9.03. The van der Waals surface area contributed by atoms with Gasteiger partial charge in [0.15, 0.2) is 0 Å². The molecular weight excluding hydrogens is 302 g/mol. The zero-order valence-electron chi connectivity index (χ0n) is 14.0. The largest absolute Gasteiger partial charge is 0.331 e. The predicted molar refractivity (Wildman–Crippen MR) is 97.0 cm³/mol. The number of carbonyl (C=O) groups is 2. The molecule has 1 aromatic rings. The van der Waals surface area contributed by atoms with E-state index in [0.717, 1.165) is 12.5 Å². The number of nitrogens with one attached hydrogen (secondary N) is 2. The van der Waals surface area contributed by atoms with Crippen molar-refractivity contribution in [3.05, 3.63) is 55.1 Å². The maximum Gasteiger partial charge on any atom is 0.254 e. The molecule has 1 fully saturated rings. The molecule has 1 aliphatic carbocycles. The topological polar surface area (TPSA) is 61.4 Å². The highest BCUT2D eigenvalue weighted by Crippen LogP contribution is 2.27. The third-order valence-corrected chi connectivity index (χ3v) is 3.82. The van der Waals surface area contributed by atoms with Gasteiger partial charge in [-0.25, -0.2) is 0 Å².